The summed E-state index contributed by atoms with van der Waals surface area (Å²) in [5.74, 6) is 1.26. The summed E-state index contributed by atoms with van der Waals surface area (Å²) in [5.41, 5.74) is 7.62. The molecule has 0 aliphatic rings. The normalized spacial score (nSPS) is 9.54. The molecule has 0 bridgehead atoms. The predicted octanol–water partition coefficient (Wildman–Crippen LogP) is 2.82. The van der Waals surface area contributed by atoms with Gasteiger partial charge in [-0.2, -0.15) is 0 Å². The maximum atomic E-state index is 5.74. The van der Waals surface area contributed by atoms with Crippen molar-refractivity contribution in [3.63, 3.8) is 0 Å². The fraction of sp³-hybridized carbons (Fsp3) is 0.400. The minimum Gasteiger partial charge on any atom is -0.494 e. The van der Waals surface area contributed by atoms with Gasteiger partial charge in [0.15, 0.2) is 0 Å². The van der Waals surface area contributed by atoms with Crippen molar-refractivity contribution in [1.29, 1.82) is 0 Å². The molecule has 1 aromatic rings. The third kappa shape index (κ3) is 2.52. The van der Waals surface area contributed by atoms with Crippen molar-refractivity contribution in [3.8, 4) is 5.75 Å². The maximum Gasteiger partial charge on any atom is 0.145 e. The van der Waals surface area contributed by atoms with Crippen LogP contribution >= 0.6 is 12.4 Å². The number of halogens is 1. The summed E-state index contributed by atoms with van der Waals surface area (Å²) in [6.45, 7) is 4.24. The number of nitrogens with two attached hydrogens (primary N) is 1. The molecule has 74 valence electrons. The largest absolute Gasteiger partial charge is 0.494 e. The third-order valence-corrected chi connectivity index (χ3v) is 1.90. The summed E-state index contributed by atoms with van der Waals surface area (Å²) in [6.07, 6.45) is 0. The highest BCUT2D eigenvalue weighted by atomic mass is 35.5. The number of para-hydroxylation sites is 1. The van der Waals surface area contributed by atoms with Gasteiger partial charge >= 0.3 is 0 Å². The monoisotopic (exact) mass is 201 g/mol. The highest BCUT2D eigenvalue weighted by molar-refractivity contribution is 5.85. The van der Waals surface area contributed by atoms with Crippen LogP contribution in [0.25, 0.3) is 0 Å². The van der Waals surface area contributed by atoms with Crippen molar-refractivity contribution in [2.24, 2.45) is 0 Å². The Morgan fingerprint density at radius 3 is 2.31 bits per heavy atom. The van der Waals surface area contributed by atoms with Crippen LogP contribution in [0.5, 0.6) is 5.75 Å². The summed E-state index contributed by atoms with van der Waals surface area (Å²) in [7, 11) is 1.65. The fourth-order valence-corrected chi connectivity index (χ4v) is 1.26. The van der Waals surface area contributed by atoms with Crippen LogP contribution in [0.4, 0.5) is 5.69 Å². The average molecular weight is 202 g/mol. The van der Waals surface area contributed by atoms with Crippen LogP contribution < -0.4 is 10.5 Å². The molecular formula is C10H16ClNO. The molecule has 0 fully saturated rings. The molecule has 0 amide bonds. The molecule has 0 heterocycles. The standard InChI is InChI=1S/C10H15NO.ClH/c1-7(2)8-5-4-6-9(11)10(8)12-3;/h4-7H,11H2,1-3H3;1H. The lowest BCUT2D eigenvalue weighted by Crippen LogP contribution is -1.98. The molecule has 1 aromatic carbocycles. The first kappa shape index (κ1) is 12.1. The van der Waals surface area contributed by atoms with E-state index in [4.69, 9.17) is 10.5 Å². The van der Waals surface area contributed by atoms with E-state index < -0.39 is 0 Å². The Bertz CT molecular complexity index is 274. The molecule has 3 heteroatoms. The Kier molecular flexibility index (Phi) is 4.63. The van der Waals surface area contributed by atoms with Crippen molar-refractivity contribution in [1.82, 2.24) is 0 Å². The van der Waals surface area contributed by atoms with E-state index in [0.717, 1.165) is 11.3 Å². The molecule has 2 nitrogen and oxygen atoms in total. The molecule has 0 aromatic heterocycles. The van der Waals surface area contributed by atoms with E-state index in [9.17, 15) is 0 Å². The number of nitrogen functional groups attached to an aromatic ring is 1. The van der Waals surface area contributed by atoms with E-state index >= 15 is 0 Å². The van der Waals surface area contributed by atoms with Crippen LogP contribution in [0.3, 0.4) is 0 Å². The average Bonchev–Trinajstić information content (AvgIpc) is 2.03. The third-order valence-electron chi connectivity index (χ3n) is 1.90. The number of methoxy groups -OCH3 is 1. The first-order valence-electron chi connectivity index (χ1n) is 4.09. The van der Waals surface area contributed by atoms with E-state index in [2.05, 4.69) is 13.8 Å². The fourth-order valence-electron chi connectivity index (χ4n) is 1.26. The Labute approximate surface area is 85.5 Å². The van der Waals surface area contributed by atoms with Gasteiger partial charge in [0.05, 0.1) is 12.8 Å². The number of ether oxygens (including phenoxy) is 1. The van der Waals surface area contributed by atoms with E-state index in [1.54, 1.807) is 7.11 Å². The summed E-state index contributed by atoms with van der Waals surface area (Å²) in [4.78, 5) is 0. The quantitative estimate of drug-likeness (QED) is 0.747. The second-order valence-corrected chi connectivity index (χ2v) is 3.12. The van der Waals surface area contributed by atoms with Gasteiger partial charge in [-0.25, -0.2) is 0 Å². The number of benzene rings is 1. The molecular weight excluding hydrogens is 186 g/mol. The van der Waals surface area contributed by atoms with Crippen LogP contribution in [-0.4, -0.2) is 7.11 Å². The SMILES string of the molecule is COc1c(N)cccc1C(C)C.Cl. The minimum atomic E-state index is 0. The summed E-state index contributed by atoms with van der Waals surface area (Å²) < 4.78 is 5.21. The topological polar surface area (TPSA) is 35.2 Å². The van der Waals surface area contributed by atoms with Crippen molar-refractivity contribution in [2.75, 3.05) is 12.8 Å². The smallest absolute Gasteiger partial charge is 0.145 e. The zero-order valence-corrected chi connectivity index (χ0v) is 9.02. The molecule has 2 N–H and O–H groups in total. The predicted molar refractivity (Wildman–Crippen MR) is 58.7 cm³/mol. The Morgan fingerprint density at radius 1 is 1.31 bits per heavy atom. The van der Waals surface area contributed by atoms with E-state index in [-0.39, 0.29) is 12.4 Å². The van der Waals surface area contributed by atoms with Gasteiger partial charge < -0.3 is 10.5 Å². The van der Waals surface area contributed by atoms with Gasteiger partial charge in [-0.3, -0.25) is 0 Å². The van der Waals surface area contributed by atoms with Crippen LogP contribution in [0.2, 0.25) is 0 Å². The summed E-state index contributed by atoms with van der Waals surface area (Å²) in [5, 5.41) is 0. The van der Waals surface area contributed by atoms with Crippen molar-refractivity contribution in [2.45, 2.75) is 19.8 Å². The van der Waals surface area contributed by atoms with Crippen LogP contribution in [-0.2, 0) is 0 Å². The highest BCUT2D eigenvalue weighted by Crippen LogP contribution is 2.31. The maximum absolute atomic E-state index is 5.74. The van der Waals surface area contributed by atoms with Crippen molar-refractivity contribution in [3.05, 3.63) is 23.8 Å². The molecule has 0 spiro atoms. The number of hydrogen-bond acceptors (Lipinski definition) is 2. The second-order valence-electron chi connectivity index (χ2n) is 3.12. The van der Waals surface area contributed by atoms with Crippen molar-refractivity contribution < 1.29 is 4.74 Å². The number of rotatable bonds is 2. The van der Waals surface area contributed by atoms with Gasteiger partial charge in [0.1, 0.15) is 5.75 Å². The first-order chi connectivity index (χ1) is 5.66. The number of anilines is 1. The molecule has 0 saturated heterocycles. The van der Waals surface area contributed by atoms with Crippen LogP contribution in [0.1, 0.15) is 25.3 Å². The highest BCUT2D eigenvalue weighted by Gasteiger charge is 2.08. The zero-order chi connectivity index (χ0) is 9.14. The molecule has 0 radical (unpaired) electrons. The number of hydrogen-bond donors (Lipinski definition) is 1. The van der Waals surface area contributed by atoms with E-state index in [1.807, 2.05) is 18.2 Å². The molecule has 0 atom stereocenters. The van der Waals surface area contributed by atoms with Crippen LogP contribution in [0.15, 0.2) is 18.2 Å². The molecule has 0 saturated carbocycles. The lowest BCUT2D eigenvalue weighted by molar-refractivity contribution is 0.410. The van der Waals surface area contributed by atoms with E-state index in [0.29, 0.717) is 11.6 Å². The van der Waals surface area contributed by atoms with Gasteiger partial charge in [-0.05, 0) is 17.5 Å². The Balaban J connectivity index is 0.00000144. The van der Waals surface area contributed by atoms with Gasteiger partial charge in [0.2, 0.25) is 0 Å². The zero-order valence-electron chi connectivity index (χ0n) is 8.20. The lowest BCUT2D eigenvalue weighted by atomic mass is 10.0. The second kappa shape index (κ2) is 4.97. The van der Waals surface area contributed by atoms with Gasteiger partial charge in [-0.15, -0.1) is 12.4 Å². The van der Waals surface area contributed by atoms with Crippen LogP contribution in [0, 0.1) is 0 Å². The molecule has 0 aliphatic carbocycles. The summed E-state index contributed by atoms with van der Waals surface area (Å²) >= 11 is 0. The Morgan fingerprint density at radius 2 is 1.92 bits per heavy atom. The van der Waals surface area contributed by atoms with Gasteiger partial charge in [0.25, 0.3) is 0 Å². The molecule has 0 aliphatic heterocycles. The Hall–Kier alpha value is -0.890. The van der Waals surface area contributed by atoms with Gasteiger partial charge in [-0.1, -0.05) is 26.0 Å². The first-order valence-corrected chi connectivity index (χ1v) is 4.09. The minimum absolute atomic E-state index is 0. The molecule has 13 heavy (non-hydrogen) atoms. The van der Waals surface area contributed by atoms with Crippen molar-refractivity contribution >= 4 is 18.1 Å². The van der Waals surface area contributed by atoms with E-state index in [1.165, 1.54) is 0 Å². The lowest BCUT2D eigenvalue weighted by Gasteiger charge is -2.12. The van der Waals surface area contributed by atoms with Gasteiger partial charge in [0, 0.05) is 0 Å². The molecule has 1 rings (SSSR count). The molecule has 0 unspecified atom stereocenters. The summed E-state index contributed by atoms with van der Waals surface area (Å²) in [6, 6.07) is 5.84.